The average molecular weight is 220 g/mol. The Morgan fingerprint density at radius 3 is 2.75 bits per heavy atom. The minimum atomic E-state index is -1.21. The van der Waals surface area contributed by atoms with E-state index in [0.29, 0.717) is 5.56 Å². The van der Waals surface area contributed by atoms with Gasteiger partial charge in [0, 0.05) is 0 Å². The number of aliphatic carboxylic acids is 1. The molecule has 1 unspecified atom stereocenters. The standard InChI is InChI=1S/C12H16N2O2/c1-12(14-13,11(15)16)10-6-5-8-3-2-4-9(8)7-10/h5-7,14H,2-4,13H2,1H3,(H,15,16). The van der Waals surface area contributed by atoms with Crippen LogP contribution in [0.4, 0.5) is 0 Å². The number of aryl methyl sites for hydroxylation is 2. The lowest BCUT2D eigenvalue weighted by molar-refractivity contribution is -0.144. The van der Waals surface area contributed by atoms with Gasteiger partial charge < -0.3 is 5.11 Å². The van der Waals surface area contributed by atoms with E-state index in [-0.39, 0.29) is 0 Å². The zero-order valence-electron chi connectivity index (χ0n) is 9.29. The van der Waals surface area contributed by atoms with Crippen LogP contribution in [0.25, 0.3) is 0 Å². The van der Waals surface area contributed by atoms with Crippen molar-refractivity contribution in [2.45, 2.75) is 31.7 Å². The van der Waals surface area contributed by atoms with Crippen LogP contribution < -0.4 is 11.3 Å². The molecule has 0 heterocycles. The Labute approximate surface area is 94.4 Å². The molecule has 0 saturated heterocycles. The van der Waals surface area contributed by atoms with Crippen LogP contribution in [-0.2, 0) is 23.2 Å². The van der Waals surface area contributed by atoms with E-state index in [1.165, 1.54) is 11.1 Å². The van der Waals surface area contributed by atoms with Crippen molar-refractivity contribution in [3.63, 3.8) is 0 Å². The van der Waals surface area contributed by atoms with Crippen LogP contribution >= 0.6 is 0 Å². The number of fused-ring (bicyclic) bond motifs is 1. The summed E-state index contributed by atoms with van der Waals surface area (Å²) < 4.78 is 0. The number of hydrogen-bond acceptors (Lipinski definition) is 3. The maximum Gasteiger partial charge on any atom is 0.329 e. The number of carbonyl (C=O) groups is 1. The van der Waals surface area contributed by atoms with Gasteiger partial charge in [0.05, 0.1) is 0 Å². The highest BCUT2D eigenvalue weighted by Crippen LogP contribution is 2.28. The lowest BCUT2D eigenvalue weighted by Crippen LogP contribution is -2.50. The fourth-order valence-electron chi connectivity index (χ4n) is 2.15. The second-order valence-electron chi connectivity index (χ2n) is 4.41. The molecule has 1 aliphatic carbocycles. The van der Waals surface area contributed by atoms with Crippen LogP contribution in [0.1, 0.15) is 30.0 Å². The van der Waals surface area contributed by atoms with Crippen molar-refractivity contribution in [3.8, 4) is 0 Å². The molecule has 0 saturated carbocycles. The monoisotopic (exact) mass is 220 g/mol. The number of nitrogens with one attached hydrogen (secondary N) is 1. The number of rotatable bonds is 3. The molecule has 0 aromatic heterocycles. The molecule has 2 rings (SSSR count). The van der Waals surface area contributed by atoms with Gasteiger partial charge in [0.2, 0.25) is 0 Å². The largest absolute Gasteiger partial charge is 0.480 e. The van der Waals surface area contributed by atoms with Crippen LogP contribution in [0, 0.1) is 0 Å². The van der Waals surface area contributed by atoms with Crippen molar-refractivity contribution >= 4 is 5.97 Å². The molecule has 0 spiro atoms. The van der Waals surface area contributed by atoms with E-state index in [9.17, 15) is 9.90 Å². The van der Waals surface area contributed by atoms with Gasteiger partial charge in [-0.2, -0.15) is 0 Å². The molecule has 1 aromatic carbocycles. The van der Waals surface area contributed by atoms with E-state index in [0.717, 1.165) is 19.3 Å². The van der Waals surface area contributed by atoms with E-state index >= 15 is 0 Å². The molecule has 0 bridgehead atoms. The van der Waals surface area contributed by atoms with Crippen LogP contribution in [0.5, 0.6) is 0 Å². The molecule has 1 aliphatic rings. The molecule has 4 heteroatoms. The first kappa shape index (κ1) is 11.1. The van der Waals surface area contributed by atoms with Crippen LogP contribution in [0.3, 0.4) is 0 Å². The Morgan fingerprint density at radius 1 is 1.44 bits per heavy atom. The molecule has 4 N–H and O–H groups in total. The predicted octanol–water partition coefficient (Wildman–Crippen LogP) is 0.938. The quantitative estimate of drug-likeness (QED) is 0.523. The first-order chi connectivity index (χ1) is 7.58. The van der Waals surface area contributed by atoms with Crippen LogP contribution in [0.2, 0.25) is 0 Å². The van der Waals surface area contributed by atoms with E-state index in [2.05, 4.69) is 5.43 Å². The number of carboxylic acid groups (broad SMARTS) is 1. The second kappa shape index (κ2) is 3.88. The molecule has 0 aliphatic heterocycles. The van der Waals surface area contributed by atoms with Gasteiger partial charge in [-0.25, -0.2) is 10.2 Å². The zero-order chi connectivity index (χ0) is 11.8. The number of nitrogens with two attached hydrogens (primary N) is 1. The van der Waals surface area contributed by atoms with Gasteiger partial charge in [-0.1, -0.05) is 18.2 Å². The average Bonchev–Trinajstić information content (AvgIpc) is 2.74. The minimum absolute atomic E-state index is 0.711. The molecule has 1 aromatic rings. The maximum absolute atomic E-state index is 11.2. The highest BCUT2D eigenvalue weighted by atomic mass is 16.4. The summed E-state index contributed by atoms with van der Waals surface area (Å²) in [5.41, 5.74) is 4.46. The van der Waals surface area contributed by atoms with Crippen molar-refractivity contribution in [2.24, 2.45) is 5.84 Å². The summed E-state index contributed by atoms with van der Waals surface area (Å²) in [6.45, 7) is 1.58. The normalized spacial score (nSPS) is 17.9. The highest BCUT2D eigenvalue weighted by Gasteiger charge is 2.34. The molecular formula is C12H16N2O2. The van der Waals surface area contributed by atoms with E-state index in [4.69, 9.17) is 5.84 Å². The lowest BCUT2D eigenvalue weighted by atomic mass is 9.90. The molecule has 0 amide bonds. The summed E-state index contributed by atoms with van der Waals surface area (Å²) >= 11 is 0. The molecule has 0 fully saturated rings. The number of hydrazine groups is 1. The predicted molar refractivity (Wildman–Crippen MR) is 60.8 cm³/mol. The van der Waals surface area contributed by atoms with Gasteiger partial charge in [-0.15, -0.1) is 0 Å². The number of hydrogen-bond donors (Lipinski definition) is 3. The summed E-state index contributed by atoms with van der Waals surface area (Å²) in [5.74, 6) is 4.39. The van der Waals surface area contributed by atoms with E-state index in [1.54, 1.807) is 6.92 Å². The SMILES string of the molecule is CC(NN)(C(=O)O)c1ccc2c(c1)CCC2. The summed E-state index contributed by atoms with van der Waals surface area (Å²) in [4.78, 5) is 11.2. The third kappa shape index (κ3) is 1.60. The minimum Gasteiger partial charge on any atom is -0.480 e. The Hall–Kier alpha value is -1.39. The summed E-state index contributed by atoms with van der Waals surface area (Å²) in [5, 5.41) is 9.19. The molecule has 16 heavy (non-hydrogen) atoms. The van der Waals surface area contributed by atoms with Gasteiger partial charge in [0.15, 0.2) is 5.54 Å². The Bertz CT molecular complexity index is 431. The van der Waals surface area contributed by atoms with Crippen LogP contribution in [-0.4, -0.2) is 11.1 Å². The van der Waals surface area contributed by atoms with Gasteiger partial charge in [-0.3, -0.25) is 5.84 Å². The lowest BCUT2D eigenvalue weighted by Gasteiger charge is -2.24. The third-order valence-electron chi connectivity index (χ3n) is 3.39. The summed E-state index contributed by atoms with van der Waals surface area (Å²) in [7, 11) is 0. The van der Waals surface area contributed by atoms with Gasteiger partial charge >= 0.3 is 5.97 Å². The number of benzene rings is 1. The highest BCUT2D eigenvalue weighted by molar-refractivity contribution is 5.80. The van der Waals surface area contributed by atoms with E-state index < -0.39 is 11.5 Å². The first-order valence-corrected chi connectivity index (χ1v) is 5.41. The van der Waals surface area contributed by atoms with Crippen molar-refractivity contribution in [2.75, 3.05) is 0 Å². The van der Waals surface area contributed by atoms with Crippen molar-refractivity contribution < 1.29 is 9.90 Å². The van der Waals surface area contributed by atoms with Crippen molar-refractivity contribution in [3.05, 3.63) is 34.9 Å². The van der Waals surface area contributed by atoms with Crippen LogP contribution in [0.15, 0.2) is 18.2 Å². The first-order valence-electron chi connectivity index (χ1n) is 5.41. The summed E-state index contributed by atoms with van der Waals surface area (Å²) in [6, 6.07) is 5.81. The topological polar surface area (TPSA) is 75.3 Å². The maximum atomic E-state index is 11.2. The summed E-state index contributed by atoms with van der Waals surface area (Å²) in [6.07, 6.45) is 3.28. The molecule has 0 radical (unpaired) electrons. The third-order valence-corrected chi connectivity index (χ3v) is 3.39. The molecular weight excluding hydrogens is 204 g/mol. The molecule has 4 nitrogen and oxygen atoms in total. The van der Waals surface area contributed by atoms with Gasteiger partial charge in [0.25, 0.3) is 0 Å². The zero-order valence-corrected chi connectivity index (χ0v) is 9.29. The Morgan fingerprint density at radius 2 is 2.12 bits per heavy atom. The Balaban J connectivity index is 2.44. The molecule has 1 atom stereocenters. The fraction of sp³-hybridized carbons (Fsp3) is 0.417. The molecule has 86 valence electrons. The van der Waals surface area contributed by atoms with Crippen molar-refractivity contribution in [1.82, 2.24) is 5.43 Å². The Kier molecular flexibility index (Phi) is 2.69. The van der Waals surface area contributed by atoms with Gasteiger partial charge in [0.1, 0.15) is 0 Å². The number of carboxylic acids is 1. The van der Waals surface area contributed by atoms with Gasteiger partial charge in [-0.05, 0) is 42.9 Å². The fourth-order valence-corrected chi connectivity index (χ4v) is 2.15. The smallest absolute Gasteiger partial charge is 0.329 e. The second-order valence-corrected chi connectivity index (χ2v) is 4.41. The van der Waals surface area contributed by atoms with Crippen molar-refractivity contribution in [1.29, 1.82) is 0 Å². The van der Waals surface area contributed by atoms with E-state index in [1.807, 2.05) is 18.2 Å².